The van der Waals surface area contributed by atoms with Gasteiger partial charge in [-0.15, -0.1) is 0 Å². The van der Waals surface area contributed by atoms with E-state index in [-0.39, 0.29) is 0 Å². The number of aromatic nitrogens is 4. The topological polar surface area (TPSA) is 107 Å². The Bertz CT molecular complexity index is 1320. The molecule has 0 saturated carbocycles. The molecule has 31 heavy (non-hydrogen) atoms. The Morgan fingerprint density at radius 1 is 0.903 bits per heavy atom. The van der Waals surface area contributed by atoms with Crippen molar-refractivity contribution >= 4 is 33.6 Å². The fourth-order valence-corrected chi connectivity index (χ4v) is 3.82. The fraction of sp³-hybridized carbons (Fsp3) is 0.167. The van der Waals surface area contributed by atoms with E-state index < -0.39 is 0 Å². The minimum Gasteiger partial charge on any atom is -0.366 e. The van der Waals surface area contributed by atoms with Gasteiger partial charge in [-0.1, -0.05) is 12.1 Å². The maximum Gasteiger partial charge on any atom is 0.224 e. The summed E-state index contributed by atoms with van der Waals surface area (Å²) >= 11 is 0. The summed E-state index contributed by atoms with van der Waals surface area (Å²) in [5.74, 6) is 1.42. The summed E-state index contributed by atoms with van der Waals surface area (Å²) in [5, 5.41) is 9.14. The third-order valence-corrected chi connectivity index (χ3v) is 5.49. The molecule has 0 unspecified atom stereocenters. The Labute approximate surface area is 180 Å². The number of benzene rings is 2. The van der Waals surface area contributed by atoms with Crippen molar-refractivity contribution in [1.29, 1.82) is 0 Å². The van der Waals surface area contributed by atoms with Crippen molar-refractivity contribution in [3.8, 4) is 0 Å². The molecule has 0 aliphatic carbocycles. The summed E-state index contributed by atoms with van der Waals surface area (Å²) < 4.78 is 0. The van der Waals surface area contributed by atoms with Crippen LogP contribution in [0.1, 0.15) is 16.7 Å². The number of aromatic amines is 2. The molecule has 7 nitrogen and oxygen atoms in total. The van der Waals surface area contributed by atoms with E-state index in [1.165, 1.54) is 21.9 Å². The van der Waals surface area contributed by atoms with E-state index in [1.54, 1.807) is 6.20 Å². The van der Waals surface area contributed by atoms with Crippen LogP contribution < -0.4 is 16.4 Å². The van der Waals surface area contributed by atoms with E-state index in [1.807, 2.05) is 12.3 Å². The predicted molar refractivity (Wildman–Crippen MR) is 126 cm³/mol. The van der Waals surface area contributed by atoms with Gasteiger partial charge in [-0.25, -0.2) is 4.98 Å². The average molecular weight is 412 g/mol. The van der Waals surface area contributed by atoms with Crippen LogP contribution in [0.2, 0.25) is 0 Å². The van der Waals surface area contributed by atoms with E-state index in [2.05, 4.69) is 79.2 Å². The van der Waals surface area contributed by atoms with Gasteiger partial charge in [0.25, 0.3) is 0 Å². The van der Waals surface area contributed by atoms with Crippen molar-refractivity contribution in [2.45, 2.75) is 19.5 Å². The van der Waals surface area contributed by atoms with Gasteiger partial charge in [-0.2, -0.15) is 4.98 Å². The Morgan fingerprint density at radius 2 is 1.81 bits per heavy atom. The SMILES string of the molecule is NCc1ccc2[nH]cc(CCNc3nccc(NCc4ccc5[nH]ccc5c4)n3)c2c1. The second-order valence-electron chi connectivity index (χ2n) is 7.59. The maximum absolute atomic E-state index is 5.78. The maximum atomic E-state index is 5.78. The van der Waals surface area contributed by atoms with Gasteiger partial charge in [-0.3, -0.25) is 0 Å². The summed E-state index contributed by atoms with van der Waals surface area (Å²) in [6.45, 7) is 2.00. The number of hydrogen-bond acceptors (Lipinski definition) is 5. The minimum absolute atomic E-state index is 0.547. The first-order valence-corrected chi connectivity index (χ1v) is 10.4. The first kappa shape index (κ1) is 19.1. The van der Waals surface area contributed by atoms with E-state index in [9.17, 15) is 0 Å². The zero-order valence-electron chi connectivity index (χ0n) is 17.2. The van der Waals surface area contributed by atoms with Crippen LogP contribution in [0.3, 0.4) is 0 Å². The lowest BCUT2D eigenvalue weighted by Crippen LogP contribution is -2.09. The van der Waals surface area contributed by atoms with Crippen LogP contribution in [0.5, 0.6) is 0 Å². The Morgan fingerprint density at radius 3 is 2.74 bits per heavy atom. The van der Waals surface area contributed by atoms with Crippen molar-refractivity contribution in [1.82, 2.24) is 19.9 Å². The van der Waals surface area contributed by atoms with Crippen LogP contribution >= 0.6 is 0 Å². The highest BCUT2D eigenvalue weighted by atomic mass is 15.1. The quantitative estimate of drug-likeness (QED) is 0.263. The van der Waals surface area contributed by atoms with Gasteiger partial charge in [0.2, 0.25) is 5.95 Å². The third-order valence-electron chi connectivity index (χ3n) is 5.49. The summed E-state index contributed by atoms with van der Waals surface area (Å²) in [5.41, 5.74) is 11.7. The molecule has 0 saturated heterocycles. The summed E-state index contributed by atoms with van der Waals surface area (Å²) in [6, 6.07) is 16.7. The number of nitrogens with zero attached hydrogens (tertiary/aromatic N) is 2. The third kappa shape index (κ3) is 4.22. The minimum atomic E-state index is 0.547. The molecule has 156 valence electrons. The average Bonchev–Trinajstić information content (AvgIpc) is 3.44. The predicted octanol–water partition coefficient (Wildman–Crippen LogP) is 4.16. The van der Waals surface area contributed by atoms with E-state index in [0.29, 0.717) is 19.0 Å². The molecule has 2 aromatic carbocycles. The lowest BCUT2D eigenvalue weighted by atomic mass is 10.1. The normalized spacial score (nSPS) is 11.3. The van der Waals surface area contributed by atoms with Crippen LogP contribution in [0.15, 0.2) is 67.1 Å². The van der Waals surface area contributed by atoms with Crippen molar-refractivity contribution in [3.63, 3.8) is 0 Å². The molecule has 0 bridgehead atoms. The first-order valence-electron chi connectivity index (χ1n) is 10.4. The number of nitrogens with two attached hydrogens (primary N) is 1. The highest BCUT2D eigenvalue weighted by molar-refractivity contribution is 5.84. The molecule has 5 rings (SSSR count). The summed E-state index contributed by atoms with van der Waals surface area (Å²) in [6.07, 6.45) is 6.66. The largest absolute Gasteiger partial charge is 0.366 e. The van der Waals surface area contributed by atoms with E-state index >= 15 is 0 Å². The van der Waals surface area contributed by atoms with Crippen molar-refractivity contribution < 1.29 is 0 Å². The van der Waals surface area contributed by atoms with Crippen LogP contribution in [-0.4, -0.2) is 26.5 Å². The number of nitrogens with one attached hydrogen (secondary N) is 4. The van der Waals surface area contributed by atoms with Crippen LogP contribution in [0, 0.1) is 0 Å². The second-order valence-corrected chi connectivity index (χ2v) is 7.59. The van der Waals surface area contributed by atoms with Gasteiger partial charge in [0.15, 0.2) is 0 Å². The van der Waals surface area contributed by atoms with Gasteiger partial charge < -0.3 is 26.3 Å². The highest BCUT2D eigenvalue weighted by Crippen LogP contribution is 2.20. The van der Waals surface area contributed by atoms with Crippen LogP contribution in [-0.2, 0) is 19.5 Å². The molecule has 3 aromatic heterocycles. The molecule has 0 fully saturated rings. The molecular weight excluding hydrogens is 386 g/mol. The molecule has 3 heterocycles. The molecule has 0 spiro atoms. The number of H-pyrrole nitrogens is 2. The molecule has 6 N–H and O–H groups in total. The molecular formula is C24H25N7. The van der Waals surface area contributed by atoms with Gasteiger partial charge in [0.05, 0.1) is 0 Å². The van der Waals surface area contributed by atoms with Crippen LogP contribution in [0.25, 0.3) is 21.8 Å². The summed E-state index contributed by atoms with van der Waals surface area (Å²) in [4.78, 5) is 15.5. The van der Waals surface area contributed by atoms with Gasteiger partial charge in [-0.05, 0) is 64.9 Å². The molecule has 0 atom stereocenters. The smallest absolute Gasteiger partial charge is 0.224 e. The summed E-state index contributed by atoms with van der Waals surface area (Å²) in [7, 11) is 0. The molecule has 0 amide bonds. The number of fused-ring (bicyclic) bond motifs is 2. The molecule has 0 aliphatic rings. The zero-order valence-corrected chi connectivity index (χ0v) is 17.2. The Kier molecular flexibility index (Phi) is 5.24. The number of anilines is 2. The number of hydrogen-bond donors (Lipinski definition) is 5. The highest BCUT2D eigenvalue weighted by Gasteiger charge is 2.06. The standard InChI is InChI=1S/C24H25N7/c25-13-16-1-4-22-20(12-16)19(15-29-22)6-9-27-24-28-10-7-23(31-24)30-14-17-2-3-21-18(11-17)5-8-26-21/h1-5,7-8,10-12,15,26,29H,6,9,13-14,25H2,(H2,27,28,30,31). The van der Waals surface area contributed by atoms with E-state index in [4.69, 9.17) is 5.73 Å². The fourth-order valence-electron chi connectivity index (χ4n) is 3.82. The second kappa shape index (κ2) is 8.49. The lowest BCUT2D eigenvalue weighted by molar-refractivity contribution is 0.985. The monoisotopic (exact) mass is 411 g/mol. The lowest BCUT2D eigenvalue weighted by Gasteiger charge is -2.09. The van der Waals surface area contributed by atoms with Crippen molar-refractivity contribution in [3.05, 3.63) is 83.8 Å². The Hall–Kier alpha value is -3.84. The van der Waals surface area contributed by atoms with E-state index in [0.717, 1.165) is 35.4 Å². The van der Waals surface area contributed by atoms with Gasteiger partial charge >= 0.3 is 0 Å². The van der Waals surface area contributed by atoms with Crippen molar-refractivity contribution in [2.75, 3.05) is 17.2 Å². The molecule has 5 aromatic rings. The molecule has 0 aliphatic heterocycles. The molecule has 7 heteroatoms. The van der Waals surface area contributed by atoms with Gasteiger partial charge in [0.1, 0.15) is 5.82 Å². The Balaban J connectivity index is 1.19. The first-order chi connectivity index (χ1) is 15.3. The van der Waals surface area contributed by atoms with Crippen molar-refractivity contribution in [2.24, 2.45) is 5.73 Å². The van der Waals surface area contributed by atoms with Crippen LogP contribution in [0.4, 0.5) is 11.8 Å². The zero-order chi connectivity index (χ0) is 21.0. The molecule has 0 radical (unpaired) electrons. The van der Waals surface area contributed by atoms with Gasteiger partial charge in [0, 0.05) is 54.6 Å². The number of rotatable bonds is 8.